The van der Waals surface area contributed by atoms with Crippen LogP contribution in [0.25, 0.3) is 0 Å². The number of sulfonamides is 1. The van der Waals surface area contributed by atoms with Crippen molar-refractivity contribution in [3.05, 3.63) is 48.0 Å². The lowest BCUT2D eigenvalue weighted by Gasteiger charge is -2.26. The van der Waals surface area contributed by atoms with E-state index in [0.717, 1.165) is 0 Å². The van der Waals surface area contributed by atoms with Gasteiger partial charge in [0.05, 0.1) is 23.7 Å². The number of nitrogens with one attached hydrogen (secondary N) is 1. The average molecular weight is 462 g/mol. The molecule has 2 heterocycles. The van der Waals surface area contributed by atoms with Crippen molar-refractivity contribution >= 4 is 27.6 Å². The molecule has 2 aliphatic rings. The number of fused-ring (bicyclic) bond motifs is 1. The molecule has 0 spiro atoms. The van der Waals surface area contributed by atoms with Gasteiger partial charge in [-0.2, -0.15) is 0 Å². The van der Waals surface area contributed by atoms with Crippen molar-refractivity contribution in [2.45, 2.75) is 4.90 Å². The van der Waals surface area contributed by atoms with Gasteiger partial charge < -0.3 is 23.8 Å². The third-order valence-corrected chi connectivity index (χ3v) is 6.27. The third-order valence-electron chi connectivity index (χ3n) is 4.89. The Bertz CT molecular complexity index is 1100. The molecule has 4 rings (SSSR count). The summed E-state index contributed by atoms with van der Waals surface area (Å²) >= 11 is 0. The maximum absolute atomic E-state index is 12.7. The van der Waals surface area contributed by atoms with Crippen LogP contribution in [-0.2, 0) is 24.3 Å². The molecule has 10 nitrogen and oxygen atoms in total. The Morgan fingerprint density at radius 2 is 1.62 bits per heavy atom. The van der Waals surface area contributed by atoms with Gasteiger partial charge in [0.2, 0.25) is 0 Å². The normalized spacial score (nSPS) is 15.7. The van der Waals surface area contributed by atoms with Crippen molar-refractivity contribution in [1.82, 2.24) is 4.90 Å². The van der Waals surface area contributed by atoms with Crippen LogP contribution in [-0.4, -0.2) is 71.3 Å². The van der Waals surface area contributed by atoms with E-state index in [4.69, 9.17) is 18.9 Å². The zero-order valence-electron chi connectivity index (χ0n) is 17.1. The highest BCUT2D eigenvalue weighted by Crippen LogP contribution is 2.32. The first-order valence-electron chi connectivity index (χ1n) is 9.97. The third kappa shape index (κ3) is 5.11. The number of carbonyl (C=O) groups is 2. The fraction of sp³-hybridized carbons (Fsp3) is 0.333. The molecule has 2 aromatic rings. The highest BCUT2D eigenvalue weighted by molar-refractivity contribution is 7.92. The molecule has 32 heavy (non-hydrogen) atoms. The molecule has 2 aliphatic heterocycles. The smallest absolute Gasteiger partial charge is 0.338 e. The van der Waals surface area contributed by atoms with Gasteiger partial charge in [0.1, 0.15) is 13.2 Å². The molecule has 170 valence electrons. The molecule has 0 saturated carbocycles. The first kappa shape index (κ1) is 21.9. The van der Waals surface area contributed by atoms with Crippen LogP contribution in [0, 0.1) is 0 Å². The fourth-order valence-corrected chi connectivity index (χ4v) is 4.27. The van der Waals surface area contributed by atoms with Crippen LogP contribution in [0.15, 0.2) is 47.4 Å². The Labute approximate surface area is 185 Å². The second kappa shape index (κ2) is 9.45. The first-order valence-corrected chi connectivity index (χ1v) is 11.5. The Kier molecular flexibility index (Phi) is 6.47. The van der Waals surface area contributed by atoms with Gasteiger partial charge in [0.15, 0.2) is 18.1 Å². The van der Waals surface area contributed by atoms with E-state index in [2.05, 4.69) is 4.72 Å². The summed E-state index contributed by atoms with van der Waals surface area (Å²) in [6.07, 6.45) is 0. The first-order chi connectivity index (χ1) is 15.4. The van der Waals surface area contributed by atoms with Crippen LogP contribution in [0.2, 0.25) is 0 Å². The molecule has 11 heteroatoms. The molecule has 0 aromatic heterocycles. The Balaban J connectivity index is 1.35. The number of hydrogen-bond donors (Lipinski definition) is 1. The summed E-state index contributed by atoms with van der Waals surface area (Å²) in [5, 5.41) is 0. The Hall–Kier alpha value is -3.31. The molecule has 0 bridgehead atoms. The zero-order chi connectivity index (χ0) is 22.6. The van der Waals surface area contributed by atoms with Gasteiger partial charge in [-0.1, -0.05) is 0 Å². The van der Waals surface area contributed by atoms with Crippen molar-refractivity contribution in [1.29, 1.82) is 0 Å². The van der Waals surface area contributed by atoms with Crippen molar-refractivity contribution in [2.75, 3.05) is 50.8 Å². The predicted molar refractivity (Wildman–Crippen MR) is 112 cm³/mol. The number of ether oxygens (including phenoxy) is 4. The molecule has 1 N–H and O–H groups in total. The van der Waals surface area contributed by atoms with Gasteiger partial charge >= 0.3 is 5.97 Å². The minimum Gasteiger partial charge on any atom is -0.486 e. The summed E-state index contributed by atoms with van der Waals surface area (Å²) in [5.41, 5.74) is 0.461. The summed E-state index contributed by atoms with van der Waals surface area (Å²) in [4.78, 5) is 25.9. The summed E-state index contributed by atoms with van der Waals surface area (Å²) in [6.45, 7) is 2.25. The topological polar surface area (TPSA) is 120 Å². The second-order valence-corrected chi connectivity index (χ2v) is 8.74. The lowest BCUT2D eigenvalue weighted by atomic mass is 10.2. The maximum atomic E-state index is 12.7. The number of morpholine rings is 1. The molecule has 1 saturated heterocycles. The molecule has 0 unspecified atom stereocenters. The van der Waals surface area contributed by atoms with Crippen LogP contribution in [0.4, 0.5) is 5.69 Å². The lowest BCUT2D eigenvalue weighted by molar-refractivity contribution is -0.138. The minimum absolute atomic E-state index is 0.0202. The average Bonchev–Trinajstić information content (AvgIpc) is 2.82. The van der Waals surface area contributed by atoms with Crippen molar-refractivity contribution in [3.63, 3.8) is 0 Å². The van der Waals surface area contributed by atoms with Crippen LogP contribution < -0.4 is 14.2 Å². The molecule has 0 aliphatic carbocycles. The zero-order valence-corrected chi connectivity index (χ0v) is 17.9. The molecular formula is C21H22N2O8S. The number of carbonyl (C=O) groups excluding carboxylic acids is 2. The molecule has 1 amide bonds. The van der Waals surface area contributed by atoms with Crippen molar-refractivity contribution < 1.29 is 37.0 Å². The van der Waals surface area contributed by atoms with Gasteiger partial charge in [0.25, 0.3) is 15.9 Å². The summed E-state index contributed by atoms with van der Waals surface area (Å²) < 4.78 is 48.9. The second-order valence-electron chi connectivity index (χ2n) is 7.06. The number of amides is 1. The minimum atomic E-state index is -3.88. The van der Waals surface area contributed by atoms with Gasteiger partial charge in [-0.25, -0.2) is 13.2 Å². The quantitative estimate of drug-likeness (QED) is 0.638. The molecule has 0 radical (unpaired) electrons. The number of benzene rings is 2. The summed E-state index contributed by atoms with van der Waals surface area (Å²) in [5.74, 6) is -0.104. The van der Waals surface area contributed by atoms with Crippen LogP contribution in [0.1, 0.15) is 10.4 Å². The molecular weight excluding hydrogens is 440 g/mol. The van der Waals surface area contributed by atoms with Crippen molar-refractivity contribution in [2.24, 2.45) is 0 Å². The Morgan fingerprint density at radius 3 is 2.34 bits per heavy atom. The summed E-state index contributed by atoms with van der Waals surface area (Å²) in [6, 6.07) is 10.1. The SMILES string of the molecule is O=C(OCC(=O)N1CCOCC1)c1ccc(NS(=O)(=O)c2ccc3c(c2)OCCO3)cc1. The highest BCUT2D eigenvalue weighted by atomic mass is 32.2. The van der Waals surface area contributed by atoms with Crippen LogP contribution in [0.5, 0.6) is 11.5 Å². The van der Waals surface area contributed by atoms with Gasteiger partial charge in [0, 0.05) is 24.8 Å². The van der Waals surface area contributed by atoms with E-state index in [1.165, 1.54) is 36.4 Å². The van der Waals surface area contributed by atoms with E-state index < -0.39 is 16.0 Å². The number of nitrogens with zero attached hydrogens (tertiary/aromatic N) is 1. The largest absolute Gasteiger partial charge is 0.486 e. The van der Waals surface area contributed by atoms with Gasteiger partial charge in [-0.05, 0) is 36.4 Å². The molecule has 0 atom stereocenters. The standard InChI is InChI=1S/C21H22N2O8S/c24-20(23-7-9-28-10-8-23)14-31-21(25)15-1-3-16(4-2-15)22-32(26,27)17-5-6-18-19(13-17)30-12-11-29-18/h1-6,13,22H,7-12,14H2. The van der Waals surface area contributed by atoms with Crippen LogP contribution in [0.3, 0.4) is 0 Å². The maximum Gasteiger partial charge on any atom is 0.338 e. The monoisotopic (exact) mass is 462 g/mol. The van der Waals surface area contributed by atoms with E-state index in [1.807, 2.05) is 0 Å². The highest BCUT2D eigenvalue weighted by Gasteiger charge is 2.21. The van der Waals surface area contributed by atoms with E-state index in [-0.39, 0.29) is 28.7 Å². The van der Waals surface area contributed by atoms with E-state index in [1.54, 1.807) is 11.0 Å². The van der Waals surface area contributed by atoms with Crippen molar-refractivity contribution in [3.8, 4) is 11.5 Å². The van der Waals surface area contributed by atoms with Gasteiger partial charge in [-0.3, -0.25) is 9.52 Å². The van der Waals surface area contributed by atoms with E-state index in [9.17, 15) is 18.0 Å². The number of hydrogen-bond acceptors (Lipinski definition) is 8. The number of anilines is 1. The summed E-state index contributed by atoms with van der Waals surface area (Å²) in [7, 11) is -3.88. The fourth-order valence-electron chi connectivity index (χ4n) is 3.19. The number of rotatable bonds is 6. The van der Waals surface area contributed by atoms with Gasteiger partial charge in [-0.15, -0.1) is 0 Å². The molecule has 2 aromatic carbocycles. The van der Waals surface area contributed by atoms with E-state index in [0.29, 0.717) is 51.0 Å². The van der Waals surface area contributed by atoms with E-state index >= 15 is 0 Å². The number of esters is 1. The predicted octanol–water partition coefficient (Wildman–Crippen LogP) is 1.27. The Morgan fingerprint density at radius 1 is 0.938 bits per heavy atom. The molecule has 1 fully saturated rings. The van der Waals surface area contributed by atoms with Crippen LogP contribution >= 0.6 is 0 Å². The lowest BCUT2D eigenvalue weighted by Crippen LogP contribution is -2.42.